The van der Waals surface area contributed by atoms with E-state index in [0.717, 1.165) is 61.4 Å². The minimum atomic E-state index is 0.913. The van der Waals surface area contributed by atoms with Crippen molar-refractivity contribution in [2.45, 2.75) is 13.8 Å². The van der Waals surface area contributed by atoms with Gasteiger partial charge in [0.05, 0.1) is 28.0 Å². The molecule has 0 saturated carbocycles. The van der Waals surface area contributed by atoms with Gasteiger partial charge in [-0.05, 0) is 106 Å². The van der Waals surface area contributed by atoms with Crippen LogP contribution in [0.15, 0.2) is 205 Å². The highest BCUT2D eigenvalue weighted by Gasteiger charge is 2.15. The first-order valence-electron chi connectivity index (χ1n) is 19.5. The molecule has 0 aliphatic carbocycles. The van der Waals surface area contributed by atoms with Crippen molar-refractivity contribution < 1.29 is 0 Å². The van der Waals surface area contributed by atoms with Crippen LogP contribution in [0.2, 0.25) is 0 Å². The van der Waals surface area contributed by atoms with Crippen molar-refractivity contribution in [3.05, 3.63) is 217 Å². The van der Waals surface area contributed by atoms with E-state index in [2.05, 4.69) is 200 Å². The fourth-order valence-corrected chi connectivity index (χ4v) is 8.29. The van der Waals surface area contributed by atoms with E-state index >= 15 is 0 Å². The first kappa shape index (κ1) is 34.2. The van der Waals surface area contributed by atoms with Crippen molar-refractivity contribution in [2.75, 3.05) is 0 Å². The number of fused-ring (bicyclic) bond motifs is 7. The molecule has 57 heavy (non-hydrogen) atoms. The second-order valence-electron chi connectivity index (χ2n) is 14.6. The van der Waals surface area contributed by atoms with E-state index in [0.29, 0.717) is 0 Å². The summed E-state index contributed by atoms with van der Waals surface area (Å²) in [7, 11) is 0. The van der Waals surface area contributed by atoms with Gasteiger partial charge in [0, 0.05) is 39.2 Å². The van der Waals surface area contributed by atoms with Gasteiger partial charge in [-0.25, -0.2) is 4.99 Å². The summed E-state index contributed by atoms with van der Waals surface area (Å²) in [6.45, 7) is 4.26. The molecule has 0 unspecified atom stereocenters. The number of nitrogens with zero attached hydrogens (tertiary/aromatic N) is 3. The van der Waals surface area contributed by atoms with Crippen LogP contribution in [0.25, 0.3) is 82.3 Å². The predicted octanol–water partition coefficient (Wildman–Crippen LogP) is 14.3. The summed E-state index contributed by atoms with van der Waals surface area (Å²) in [6, 6.07) is 65.0. The molecule has 0 N–H and O–H groups in total. The Morgan fingerprint density at radius 2 is 1.11 bits per heavy atom. The van der Waals surface area contributed by atoms with Crippen molar-refractivity contribution >= 4 is 71.2 Å². The van der Waals surface area contributed by atoms with Crippen LogP contribution in [0.5, 0.6) is 0 Å². The molecular formula is C54H39N3. The number of benzene rings is 8. The van der Waals surface area contributed by atoms with Crippen molar-refractivity contribution in [3.8, 4) is 16.8 Å². The molecule has 3 heteroatoms. The Bertz CT molecular complexity index is 3180. The van der Waals surface area contributed by atoms with Crippen molar-refractivity contribution in [1.82, 2.24) is 9.55 Å². The van der Waals surface area contributed by atoms with Crippen LogP contribution in [0, 0.1) is 0 Å². The summed E-state index contributed by atoms with van der Waals surface area (Å²) < 4.78 is 2.36. The van der Waals surface area contributed by atoms with E-state index in [4.69, 9.17) is 9.98 Å². The Labute approximate surface area is 332 Å². The second-order valence-corrected chi connectivity index (χ2v) is 14.6. The molecule has 0 amide bonds. The molecular weight excluding hydrogens is 691 g/mol. The van der Waals surface area contributed by atoms with E-state index < -0.39 is 0 Å². The quantitative estimate of drug-likeness (QED) is 0.119. The van der Waals surface area contributed by atoms with E-state index in [9.17, 15) is 0 Å². The molecule has 2 aromatic heterocycles. The van der Waals surface area contributed by atoms with E-state index in [1.807, 2.05) is 18.3 Å². The number of pyridine rings is 1. The largest absolute Gasteiger partial charge is 0.309 e. The van der Waals surface area contributed by atoms with Gasteiger partial charge < -0.3 is 4.57 Å². The summed E-state index contributed by atoms with van der Waals surface area (Å²) in [5.74, 6) is 0. The van der Waals surface area contributed by atoms with Crippen LogP contribution in [-0.4, -0.2) is 15.3 Å². The highest BCUT2D eigenvalue weighted by atomic mass is 15.0. The summed E-state index contributed by atoms with van der Waals surface area (Å²) in [5.41, 5.74) is 13.0. The lowest BCUT2D eigenvalue weighted by Crippen LogP contribution is -2.02. The Morgan fingerprint density at radius 3 is 1.81 bits per heavy atom. The van der Waals surface area contributed by atoms with Gasteiger partial charge in [0.1, 0.15) is 0 Å². The second kappa shape index (κ2) is 14.4. The lowest BCUT2D eigenvalue weighted by Gasteiger charge is -2.14. The summed E-state index contributed by atoms with van der Waals surface area (Å²) in [4.78, 5) is 10.2. The van der Waals surface area contributed by atoms with Crippen LogP contribution in [-0.2, 0) is 0 Å². The van der Waals surface area contributed by atoms with E-state index in [1.54, 1.807) is 0 Å². The highest BCUT2D eigenvalue weighted by molar-refractivity contribution is 6.24. The molecule has 8 aromatic carbocycles. The summed E-state index contributed by atoms with van der Waals surface area (Å²) in [5, 5.41) is 8.48. The molecule has 0 fully saturated rings. The molecule has 2 heterocycles. The van der Waals surface area contributed by atoms with E-state index in [1.165, 1.54) is 43.4 Å². The molecule has 0 bridgehead atoms. The predicted molar refractivity (Wildman–Crippen MR) is 243 cm³/mol. The normalized spacial score (nSPS) is 12.7. The van der Waals surface area contributed by atoms with Gasteiger partial charge >= 0.3 is 0 Å². The molecule has 3 nitrogen and oxygen atoms in total. The molecule has 10 aromatic rings. The Balaban J connectivity index is 1.08. The molecule has 0 spiro atoms. The molecule has 0 radical (unpaired) electrons. The average molecular weight is 730 g/mol. The van der Waals surface area contributed by atoms with Crippen molar-refractivity contribution in [1.29, 1.82) is 0 Å². The number of para-hydroxylation sites is 3. The van der Waals surface area contributed by atoms with Gasteiger partial charge in [0.15, 0.2) is 0 Å². The van der Waals surface area contributed by atoms with Crippen LogP contribution in [0.4, 0.5) is 0 Å². The number of rotatable bonds is 7. The molecule has 0 atom stereocenters. The maximum Gasteiger partial charge on any atom is 0.0718 e. The van der Waals surface area contributed by atoms with Gasteiger partial charge in [-0.15, -0.1) is 0 Å². The van der Waals surface area contributed by atoms with Gasteiger partial charge in [0.25, 0.3) is 0 Å². The van der Waals surface area contributed by atoms with Crippen molar-refractivity contribution in [2.24, 2.45) is 4.99 Å². The van der Waals surface area contributed by atoms with Crippen LogP contribution < -0.4 is 0 Å². The van der Waals surface area contributed by atoms with Gasteiger partial charge in [-0.2, -0.15) is 0 Å². The third kappa shape index (κ3) is 6.20. The number of hydrogen-bond acceptors (Lipinski definition) is 2. The number of allylic oxidation sites excluding steroid dienone is 3. The molecule has 0 aliphatic heterocycles. The maximum atomic E-state index is 5.51. The number of hydrogen-bond donors (Lipinski definition) is 0. The zero-order valence-electron chi connectivity index (χ0n) is 31.9. The maximum absolute atomic E-state index is 5.51. The zero-order valence-corrected chi connectivity index (χ0v) is 31.9. The van der Waals surface area contributed by atoms with Crippen LogP contribution >= 0.6 is 0 Å². The molecule has 0 saturated heterocycles. The first-order chi connectivity index (χ1) is 28.1. The molecule has 10 rings (SSSR count). The minimum Gasteiger partial charge on any atom is -0.309 e. The fourth-order valence-electron chi connectivity index (χ4n) is 8.29. The molecule has 0 aliphatic rings. The fraction of sp³-hybridized carbons (Fsp3) is 0.0370. The standard InChI is InChI=1S/C54H39N3/c1-3-50(39-26-24-38(25-27-39)42-33-41-15-5-11-21-51(41)55-35-42)56-52(49-34-40-14-4-6-16-44(40)45-17-7-8-18-46(45)49)32-36(2)37-28-30-43(31-29-37)57-53-22-12-9-19-47(53)48-20-10-13-23-54(48)57/h3-35H,1-2H3/b36-32+,50-3+,56-52-. The van der Waals surface area contributed by atoms with Gasteiger partial charge in [-0.1, -0.05) is 146 Å². The van der Waals surface area contributed by atoms with Crippen LogP contribution in [0.1, 0.15) is 30.5 Å². The Hall–Kier alpha value is -7.36. The highest BCUT2D eigenvalue weighted by Crippen LogP contribution is 2.34. The first-order valence-corrected chi connectivity index (χ1v) is 19.5. The van der Waals surface area contributed by atoms with Crippen LogP contribution in [0.3, 0.4) is 0 Å². The molecule has 270 valence electrons. The zero-order chi connectivity index (χ0) is 38.3. The number of aliphatic imine (C=N–C) groups is 1. The Morgan fingerprint density at radius 1 is 0.526 bits per heavy atom. The van der Waals surface area contributed by atoms with Crippen molar-refractivity contribution in [3.63, 3.8) is 0 Å². The SMILES string of the molecule is C/C=C(/N=C(/C=C(\C)c1ccc(-n2c3ccccc3c3ccccc32)cc1)c1cc2ccccc2c2ccccc12)c1ccc(-c2cnc3ccccc3c2)cc1. The number of aromatic nitrogens is 2. The Kier molecular flexibility index (Phi) is 8.61. The minimum absolute atomic E-state index is 0.913. The third-order valence-corrected chi connectivity index (χ3v) is 11.2. The lowest BCUT2D eigenvalue weighted by atomic mass is 9.93. The average Bonchev–Trinajstić information content (AvgIpc) is 3.62. The smallest absolute Gasteiger partial charge is 0.0718 e. The monoisotopic (exact) mass is 729 g/mol. The lowest BCUT2D eigenvalue weighted by molar-refractivity contribution is 1.18. The third-order valence-electron chi connectivity index (χ3n) is 11.2. The topological polar surface area (TPSA) is 30.2 Å². The van der Waals surface area contributed by atoms with E-state index in [-0.39, 0.29) is 0 Å². The summed E-state index contributed by atoms with van der Waals surface area (Å²) >= 11 is 0. The summed E-state index contributed by atoms with van der Waals surface area (Å²) in [6.07, 6.45) is 6.32. The van der Waals surface area contributed by atoms with Gasteiger partial charge in [0.2, 0.25) is 0 Å². The van der Waals surface area contributed by atoms with Gasteiger partial charge in [-0.3, -0.25) is 4.98 Å².